The number of hydrogen-bond acceptors (Lipinski definition) is 7. The van der Waals surface area contributed by atoms with Crippen molar-refractivity contribution in [2.75, 3.05) is 6.79 Å². The third kappa shape index (κ3) is 2.28. The zero-order chi connectivity index (χ0) is 19.4. The number of nitrogens with one attached hydrogen (secondary N) is 1. The molecule has 0 bridgehead atoms. The number of amides is 1. The zero-order valence-corrected chi connectivity index (χ0v) is 14.6. The number of carbonyl (C=O) groups is 1. The van der Waals surface area contributed by atoms with Gasteiger partial charge >= 0.3 is 0 Å². The predicted molar refractivity (Wildman–Crippen MR) is 97.5 cm³/mol. The largest absolute Gasteiger partial charge is 0.507 e. The van der Waals surface area contributed by atoms with E-state index >= 15 is 0 Å². The Hall–Kier alpha value is -4.08. The highest BCUT2D eigenvalue weighted by molar-refractivity contribution is 5.92. The van der Waals surface area contributed by atoms with Crippen LogP contribution in [0, 0.1) is 6.92 Å². The van der Waals surface area contributed by atoms with Crippen LogP contribution in [0.4, 0.5) is 0 Å². The number of fused-ring (bicyclic) bond motifs is 2. The van der Waals surface area contributed by atoms with E-state index in [1.807, 2.05) is 6.92 Å². The van der Waals surface area contributed by atoms with E-state index in [-0.39, 0.29) is 24.2 Å². The van der Waals surface area contributed by atoms with Gasteiger partial charge in [-0.05, 0) is 25.1 Å². The number of H-pyrrole nitrogens is 1. The molecule has 10 nitrogen and oxygen atoms in total. The van der Waals surface area contributed by atoms with E-state index in [4.69, 9.17) is 15.2 Å². The van der Waals surface area contributed by atoms with Crippen molar-refractivity contribution >= 4 is 16.8 Å². The smallest absolute Gasteiger partial charge is 0.287 e. The second-order valence-corrected chi connectivity index (χ2v) is 6.31. The van der Waals surface area contributed by atoms with E-state index in [0.29, 0.717) is 28.3 Å². The van der Waals surface area contributed by atoms with Crippen LogP contribution in [-0.4, -0.2) is 42.8 Å². The van der Waals surface area contributed by atoms with Gasteiger partial charge in [0.05, 0.1) is 22.5 Å². The Kier molecular flexibility index (Phi) is 3.29. The second kappa shape index (κ2) is 5.71. The van der Waals surface area contributed by atoms with E-state index in [1.165, 1.54) is 4.57 Å². The number of nitrogens with two attached hydrogens (primary N) is 1. The molecule has 5 rings (SSSR count). The van der Waals surface area contributed by atoms with Gasteiger partial charge in [-0.3, -0.25) is 14.5 Å². The molecule has 0 atom stereocenters. The molecule has 0 fully saturated rings. The minimum atomic E-state index is -0.753. The molecule has 28 heavy (non-hydrogen) atoms. The van der Waals surface area contributed by atoms with Crippen LogP contribution in [-0.2, 0) is 0 Å². The van der Waals surface area contributed by atoms with Crippen LogP contribution >= 0.6 is 0 Å². The lowest BCUT2D eigenvalue weighted by Gasteiger charge is -2.11. The highest BCUT2D eigenvalue weighted by Crippen LogP contribution is 2.37. The summed E-state index contributed by atoms with van der Waals surface area (Å²) in [5, 5.41) is 26.4. The van der Waals surface area contributed by atoms with Crippen molar-refractivity contribution < 1.29 is 19.4 Å². The number of rotatable bonds is 3. The Morgan fingerprint density at radius 3 is 2.86 bits per heavy atom. The van der Waals surface area contributed by atoms with Crippen LogP contribution in [0.5, 0.6) is 17.2 Å². The number of primary amides is 1. The molecule has 1 amide bonds. The van der Waals surface area contributed by atoms with Gasteiger partial charge in [0.25, 0.3) is 5.91 Å². The Morgan fingerprint density at radius 1 is 1.21 bits per heavy atom. The maximum Gasteiger partial charge on any atom is 0.287 e. The standard InChI is InChI=1S/C18H14N6O4/c1-8-10-5-11(13(25)6-12(10)21-20-8)17-22-23-18(16(19)26)24(17)9-2-3-14-15(4-9)28-7-27-14/h2-6,25H,7H2,1H3,(H2,19,26)(H,20,21). The molecular weight excluding hydrogens is 364 g/mol. The number of aryl methyl sites for hydroxylation is 1. The number of carbonyl (C=O) groups excluding carboxylic acids is 1. The molecular formula is C18H14N6O4. The van der Waals surface area contributed by atoms with Gasteiger partial charge in [0.2, 0.25) is 12.6 Å². The maximum absolute atomic E-state index is 11.9. The van der Waals surface area contributed by atoms with Crippen molar-refractivity contribution in [2.45, 2.75) is 6.92 Å². The molecule has 0 saturated carbocycles. The van der Waals surface area contributed by atoms with Crippen LogP contribution in [0.15, 0.2) is 30.3 Å². The van der Waals surface area contributed by atoms with Crippen molar-refractivity contribution in [3.63, 3.8) is 0 Å². The first-order valence-electron chi connectivity index (χ1n) is 8.36. The zero-order valence-electron chi connectivity index (χ0n) is 14.6. The molecule has 1 aliphatic heterocycles. The van der Waals surface area contributed by atoms with Crippen LogP contribution in [0.2, 0.25) is 0 Å². The first-order chi connectivity index (χ1) is 13.5. The van der Waals surface area contributed by atoms with Crippen LogP contribution in [0.25, 0.3) is 28.0 Å². The molecule has 0 radical (unpaired) electrons. The summed E-state index contributed by atoms with van der Waals surface area (Å²) in [7, 11) is 0. The summed E-state index contributed by atoms with van der Waals surface area (Å²) in [6.07, 6.45) is 0. The van der Waals surface area contributed by atoms with E-state index < -0.39 is 5.91 Å². The summed E-state index contributed by atoms with van der Waals surface area (Å²) < 4.78 is 12.2. The third-order valence-electron chi connectivity index (χ3n) is 4.61. The van der Waals surface area contributed by atoms with Crippen LogP contribution in [0.1, 0.15) is 16.3 Å². The Morgan fingerprint density at radius 2 is 2.04 bits per heavy atom. The molecule has 1 aliphatic rings. The topological polar surface area (TPSA) is 141 Å². The molecule has 4 N–H and O–H groups in total. The highest BCUT2D eigenvalue weighted by Gasteiger charge is 2.24. The van der Waals surface area contributed by atoms with Crippen molar-refractivity contribution in [3.8, 4) is 34.3 Å². The van der Waals surface area contributed by atoms with Gasteiger partial charge in [0, 0.05) is 17.5 Å². The molecule has 3 heterocycles. The number of aromatic nitrogens is 5. The Bertz CT molecular complexity index is 1260. The summed E-state index contributed by atoms with van der Waals surface area (Å²) >= 11 is 0. The number of nitrogens with zero attached hydrogens (tertiary/aromatic N) is 4. The lowest BCUT2D eigenvalue weighted by molar-refractivity contribution is 0.0988. The van der Waals surface area contributed by atoms with Gasteiger partial charge in [0.1, 0.15) is 5.75 Å². The van der Waals surface area contributed by atoms with E-state index in [9.17, 15) is 9.90 Å². The fourth-order valence-electron chi connectivity index (χ4n) is 3.25. The molecule has 2 aromatic carbocycles. The average molecular weight is 378 g/mol. The summed E-state index contributed by atoms with van der Waals surface area (Å²) in [5.74, 6) is 0.512. The fourth-order valence-corrected chi connectivity index (χ4v) is 3.25. The van der Waals surface area contributed by atoms with Crippen molar-refractivity contribution in [3.05, 3.63) is 41.9 Å². The quantitative estimate of drug-likeness (QED) is 0.492. The number of phenols is 1. The van der Waals surface area contributed by atoms with Gasteiger partial charge in [0.15, 0.2) is 17.3 Å². The summed E-state index contributed by atoms with van der Waals surface area (Å²) in [6.45, 7) is 1.96. The van der Waals surface area contributed by atoms with Gasteiger partial charge in [-0.2, -0.15) is 5.10 Å². The second-order valence-electron chi connectivity index (χ2n) is 6.31. The van der Waals surface area contributed by atoms with E-state index in [1.54, 1.807) is 30.3 Å². The summed E-state index contributed by atoms with van der Waals surface area (Å²) in [4.78, 5) is 11.9. The maximum atomic E-state index is 11.9. The van der Waals surface area contributed by atoms with Gasteiger partial charge < -0.3 is 20.3 Å². The molecule has 10 heteroatoms. The molecule has 4 aromatic rings. The molecule has 0 saturated heterocycles. The normalized spacial score (nSPS) is 12.6. The van der Waals surface area contributed by atoms with Crippen LogP contribution < -0.4 is 15.2 Å². The number of ether oxygens (including phenoxy) is 2. The lowest BCUT2D eigenvalue weighted by atomic mass is 10.1. The van der Waals surface area contributed by atoms with Crippen LogP contribution in [0.3, 0.4) is 0 Å². The Balaban J connectivity index is 1.77. The average Bonchev–Trinajstić information content (AvgIpc) is 3.38. The monoisotopic (exact) mass is 378 g/mol. The first-order valence-corrected chi connectivity index (χ1v) is 8.36. The third-order valence-corrected chi connectivity index (χ3v) is 4.61. The van der Waals surface area contributed by atoms with Gasteiger partial charge in [-0.15, -0.1) is 10.2 Å². The fraction of sp³-hybridized carbons (Fsp3) is 0.111. The highest BCUT2D eigenvalue weighted by atomic mass is 16.7. The summed E-state index contributed by atoms with van der Waals surface area (Å²) in [5.41, 5.74) is 7.87. The minimum Gasteiger partial charge on any atom is -0.507 e. The molecule has 0 spiro atoms. The van der Waals surface area contributed by atoms with Gasteiger partial charge in [-0.25, -0.2) is 0 Å². The van der Waals surface area contributed by atoms with Crippen molar-refractivity contribution in [1.29, 1.82) is 0 Å². The lowest BCUT2D eigenvalue weighted by Crippen LogP contribution is -2.17. The summed E-state index contributed by atoms with van der Waals surface area (Å²) in [6, 6.07) is 8.43. The molecule has 140 valence electrons. The van der Waals surface area contributed by atoms with E-state index in [2.05, 4.69) is 20.4 Å². The molecule has 0 aliphatic carbocycles. The number of aromatic hydroxyl groups is 1. The number of hydrogen-bond donors (Lipinski definition) is 3. The van der Waals surface area contributed by atoms with E-state index in [0.717, 1.165) is 11.1 Å². The number of phenolic OH excluding ortho intramolecular Hbond substituents is 1. The number of benzene rings is 2. The van der Waals surface area contributed by atoms with Crippen molar-refractivity contribution in [2.24, 2.45) is 5.73 Å². The predicted octanol–water partition coefficient (Wildman–Crippen LogP) is 1.65. The van der Waals surface area contributed by atoms with Crippen molar-refractivity contribution in [1.82, 2.24) is 25.0 Å². The first kappa shape index (κ1) is 16.1. The number of aromatic amines is 1. The minimum absolute atomic E-state index is 0.0402. The Labute approximate surface area is 157 Å². The molecule has 0 unspecified atom stereocenters. The van der Waals surface area contributed by atoms with Gasteiger partial charge in [-0.1, -0.05) is 0 Å². The SMILES string of the molecule is Cc1n[nH]c2cc(O)c(-c3nnc(C(N)=O)n3-c3ccc4c(c3)OCO4)cc12. The molecule has 2 aromatic heterocycles.